The van der Waals surface area contributed by atoms with Crippen LogP contribution in [-0.4, -0.2) is 24.7 Å². The predicted molar refractivity (Wildman–Crippen MR) is 80.5 cm³/mol. The largest absolute Gasteiger partial charge is 0.312 e. The first-order valence-electron chi connectivity index (χ1n) is 6.24. The van der Waals surface area contributed by atoms with Crippen LogP contribution in [0.25, 0.3) is 0 Å². The molecular weight excluding hydrogens is 296 g/mol. The van der Waals surface area contributed by atoms with Gasteiger partial charge < -0.3 is 5.32 Å². The van der Waals surface area contributed by atoms with Gasteiger partial charge >= 0.3 is 0 Å². The summed E-state index contributed by atoms with van der Waals surface area (Å²) in [5.74, 6) is 0. The average Bonchev–Trinajstić information content (AvgIpc) is 2.93. The average molecular weight is 314 g/mol. The summed E-state index contributed by atoms with van der Waals surface area (Å²) in [6.45, 7) is 5.37. The third kappa shape index (κ3) is 3.38. The molecule has 0 atom stereocenters. The van der Waals surface area contributed by atoms with Gasteiger partial charge in [-0.1, -0.05) is 6.92 Å². The van der Waals surface area contributed by atoms with Crippen LogP contribution in [0.2, 0.25) is 0 Å². The molecule has 2 N–H and O–H groups in total. The van der Waals surface area contributed by atoms with Crippen LogP contribution in [0.15, 0.2) is 23.4 Å². The van der Waals surface area contributed by atoms with Gasteiger partial charge in [0.2, 0.25) is 0 Å². The van der Waals surface area contributed by atoms with E-state index < -0.39 is 10.0 Å². The lowest BCUT2D eigenvalue weighted by Crippen LogP contribution is -2.13. The fraction of sp³-hybridized carbons (Fsp3) is 0.417. The molecule has 0 unspecified atom stereocenters. The quantitative estimate of drug-likeness (QED) is 0.851. The summed E-state index contributed by atoms with van der Waals surface area (Å²) >= 11 is 1.49. The molecule has 2 heterocycles. The second-order valence-corrected chi connectivity index (χ2v) is 7.41. The maximum Gasteiger partial charge on any atom is 0.263 e. The summed E-state index contributed by atoms with van der Waals surface area (Å²) in [7, 11) is -1.82. The molecule has 0 bridgehead atoms. The third-order valence-corrected chi connectivity index (χ3v) is 5.41. The fourth-order valence-electron chi connectivity index (χ4n) is 1.81. The first kappa shape index (κ1) is 15.0. The molecule has 0 spiro atoms. The highest BCUT2D eigenvalue weighted by Gasteiger charge is 2.20. The fourth-order valence-corrected chi connectivity index (χ4v) is 4.44. The molecule has 0 aliphatic carbocycles. The van der Waals surface area contributed by atoms with Crippen LogP contribution in [0.3, 0.4) is 0 Å². The van der Waals surface area contributed by atoms with Gasteiger partial charge in [0.25, 0.3) is 10.0 Å². The Morgan fingerprint density at radius 3 is 2.80 bits per heavy atom. The van der Waals surface area contributed by atoms with Gasteiger partial charge in [0.1, 0.15) is 4.90 Å². The highest BCUT2D eigenvalue weighted by molar-refractivity contribution is 7.93. The SMILES string of the molecule is CCNCc1cc(S(=O)(=O)Nc2cnn(C)c2)c(C)s1. The molecule has 0 fully saturated rings. The van der Waals surface area contributed by atoms with Gasteiger partial charge in [0.15, 0.2) is 0 Å². The third-order valence-electron chi connectivity index (χ3n) is 2.72. The second kappa shape index (κ2) is 5.94. The lowest BCUT2D eigenvalue weighted by molar-refractivity contribution is 0.601. The molecule has 2 rings (SSSR count). The molecule has 20 heavy (non-hydrogen) atoms. The van der Waals surface area contributed by atoms with Gasteiger partial charge in [0.05, 0.1) is 11.9 Å². The monoisotopic (exact) mass is 314 g/mol. The zero-order valence-electron chi connectivity index (χ0n) is 11.7. The molecule has 8 heteroatoms. The smallest absolute Gasteiger partial charge is 0.263 e. The zero-order valence-corrected chi connectivity index (χ0v) is 13.3. The van der Waals surface area contributed by atoms with Crippen molar-refractivity contribution in [2.75, 3.05) is 11.3 Å². The van der Waals surface area contributed by atoms with Crippen molar-refractivity contribution in [1.29, 1.82) is 0 Å². The van der Waals surface area contributed by atoms with Crippen molar-refractivity contribution in [3.63, 3.8) is 0 Å². The van der Waals surface area contributed by atoms with Gasteiger partial charge in [-0.2, -0.15) is 5.10 Å². The van der Waals surface area contributed by atoms with E-state index in [9.17, 15) is 8.42 Å². The van der Waals surface area contributed by atoms with Crippen LogP contribution >= 0.6 is 11.3 Å². The van der Waals surface area contributed by atoms with Gasteiger partial charge in [-0.3, -0.25) is 9.40 Å². The van der Waals surface area contributed by atoms with E-state index >= 15 is 0 Å². The number of sulfonamides is 1. The number of hydrogen-bond donors (Lipinski definition) is 2. The van der Waals surface area contributed by atoms with E-state index in [0.717, 1.165) is 16.3 Å². The molecule has 0 saturated heterocycles. The first-order valence-corrected chi connectivity index (χ1v) is 8.54. The molecule has 0 aliphatic heterocycles. The topological polar surface area (TPSA) is 76.0 Å². The van der Waals surface area contributed by atoms with Crippen molar-refractivity contribution in [2.45, 2.75) is 25.3 Å². The number of rotatable bonds is 6. The number of thiophene rings is 1. The molecule has 2 aromatic rings. The molecule has 0 amide bonds. The Balaban J connectivity index is 2.22. The minimum atomic E-state index is -3.56. The molecule has 6 nitrogen and oxygen atoms in total. The normalized spacial score (nSPS) is 11.8. The number of nitrogens with zero attached hydrogens (tertiary/aromatic N) is 2. The minimum Gasteiger partial charge on any atom is -0.312 e. The summed E-state index contributed by atoms with van der Waals surface area (Å²) in [6.07, 6.45) is 3.11. The number of hydrogen-bond acceptors (Lipinski definition) is 5. The van der Waals surface area contributed by atoms with E-state index in [2.05, 4.69) is 15.1 Å². The lowest BCUT2D eigenvalue weighted by Gasteiger charge is -2.04. The molecule has 0 radical (unpaired) electrons. The standard InChI is InChI=1S/C12H18N4O2S2/c1-4-13-7-11-5-12(9(2)19-11)20(17,18)15-10-6-14-16(3)8-10/h5-6,8,13,15H,4,7H2,1-3H3. The van der Waals surface area contributed by atoms with E-state index in [1.54, 1.807) is 24.0 Å². The Bertz CT molecular complexity index is 688. The summed E-state index contributed by atoms with van der Waals surface area (Å²) in [4.78, 5) is 2.13. The van der Waals surface area contributed by atoms with Crippen LogP contribution in [0.1, 0.15) is 16.7 Å². The number of nitrogens with one attached hydrogen (secondary N) is 2. The Morgan fingerprint density at radius 2 is 2.20 bits per heavy atom. The Hall–Kier alpha value is -1.38. The lowest BCUT2D eigenvalue weighted by atomic mass is 10.4. The molecule has 0 aliphatic rings. The van der Waals surface area contributed by atoms with E-state index in [1.165, 1.54) is 17.5 Å². The van der Waals surface area contributed by atoms with Crippen molar-refractivity contribution in [3.05, 3.63) is 28.2 Å². The molecular formula is C12H18N4O2S2. The van der Waals surface area contributed by atoms with Crippen LogP contribution in [0, 0.1) is 6.92 Å². The van der Waals surface area contributed by atoms with Crippen molar-refractivity contribution in [1.82, 2.24) is 15.1 Å². The van der Waals surface area contributed by atoms with Crippen molar-refractivity contribution >= 4 is 27.0 Å². The summed E-state index contributed by atoms with van der Waals surface area (Å²) in [5.41, 5.74) is 0.464. The summed E-state index contributed by atoms with van der Waals surface area (Å²) in [6, 6.07) is 1.72. The van der Waals surface area contributed by atoms with Crippen molar-refractivity contribution in [2.24, 2.45) is 7.05 Å². The molecule has 0 saturated carbocycles. The minimum absolute atomic E-state index is 0.333. The summed E-state index contributed by atoms with van der Waals surface area (Å²) in [5, 5.41) is 7.14. The Kier molecular flexibility index (Phi) is 4.46. The first-order chi connectivity index (χ1) is 9.42. The van der Waals surface area contributed by atoms with Crippen LogP contribution in [-0.2, 0) is 23.6 Å². The van der Waals surface area contributed by atoms with E-state index in [0.29, 0.717) is 17.1 Å². The van der Waals surface area contributed by atoms with Gasteiger partial charge in [-0.15, -0.1) is 11.3 Å². The van der Waals surface area contributed by atoms with Crippen molar-refractivity contribution < 1.29 is 8.42 Å². The van der Waals surface area contributed by atoms with Gasteiger partial charge in [-0.25, -0.2) is 8.42 Å². The van der Waals surface area contributed by atoms with Gasteiger partial charge in [0, 0.05) is 29.5 Å². The predicted octanol–water partition coefficient (Wildman–Crippen LogP) is 1.70. The Morgan fingerprint density at radius 1 is 1.45 bits per heavy atom. The highest BCUT2D eigenvalue weighted by Crippen LogP contribution is 2.27. The zero-order chi connectivity index (χ0) is 14.8. The number of aryl methyl sites for hydroxylation is 2. The van der Waals surface area contributed by atoms with E-state index in [4.69, 9.17) is 0 Å². The van der Waals surface area contributed by atoms with Crippen LogP contribution in [0.5, 0.6) is 0 Å². The van der Waals surface area contributed by atoms with E-state index in [1.807, 2.05) is 13.8 Å². The maximum absolute atomic E-state index is 12.4. The summed E-state index contributed by atoms with van der Waals surface area (Å²) < 4.78 is 28.8. The van der Waals surface area contributed by atoms with E-state index in [-0.39, 0.29) is 0 Å². The molecule has 0 aromatic carbocycles. The highest BCUT2D eigenvalue weighted by atomic mass is 32.2. The second-order valence-electron chi connectivity index (χ2n) is 4.42. The number of aromatic nitrogens is 2. The van der Waals surface area contributed by atoms with Crippen LogP contribution in [0.4, 0.5) is 5.69 Å². The Labute approximate surface area is 122 Å². The van der Waals surface area contributed by atoms with Crippen LogP contribution < -0.4 is 10.0 Å². The maximum atomic E-state index is 12.4. The molecule has 110 valence electrons. The van der Waals surface area contributed by atoms with Crippen molar-refractivity contribution in [3.8, 4) is 0 Å². The van der Waals surface area contributed by atoms with Gasteiger partial charge in [-0.05, 0) is 19.5 Å². The molecule has 2 aromatic heterocycles. The number of anilines is 1.